The highest BCUT2D eigenvalue weighted by atomic mass is 14.1. The summed E-state index contributed by atoms with van der Waals surface area (Å²) in [6.07, 6.45) is 14.8. The maximum Gasteiger partial charge on any atom is -0.0132 e. The topological polar surface area (TPSA) is 0 Å². The molecule has 0 saturated carbocycles. The van der Waals surface area contributed by atoms with Crippen molar-refractivity contribution < 1.29 is 0 Å². The van der Waals surface area contributed by atoms with Crippen LogP contribution in [0.4, 0.5) is 0 Å². The van der Waals surface area contributed by atoms with Crippen molar-refractivity contribution in [3.8, 4) is 0 Å². The van der Waals surface area contributed by atoms with E-state index in [-0.39, 0.29) is 0 Å². The lowest BCUT2D eigenvalue weighted by Crippen LogP contribution is -1.96. The van der Waals surface area contributed by atoms with Gasteiger partial charge in [0, 0.05) is 0 Å². The Morgan fingerprint density at radius 1 is 1.38 bits per heavy atom. The van der Waals surface area contributed by atoms with Crippen molar-refractivity contribution in [2.45, 2.75) is 52.4 Å². The molecule has 0 bridgehead atoms. The molecule has 0 heterocycles. The highest BCUT2D eigenvalue weighted by Gasteiger charge is 2.06. The molecule has 1 aliphatic rings. The van der Waals surface area contributed by atoms with Gasteiger partial charge < -0.3 is 0 Å². The third kappa shape index (κ3) is 4.31. The summed E-state index contributed by atoms with van der Waals surface area (Å²) in [4.78, 5) is 0. The molecule has 0 spiro atoms. The van der Waals surface area contributed by atoms with Gasteiger partial charge >= 0.3 is 0 Å². The molecule has 0 nitrogen and oxygen atoms in total. The normalized spacial score (nSPS) is 17.5. The molecule has 74 valence electrons. The number of allylic oxidation sites excluding steroid dienone is 4. The summed E-state index contributed by atoms with van der Waals surface area (Å²) < 4.78 is 0. The van der Waals surface area contributed by atoms with Gasteiger partial charge in [0.15, 0.2) is 0 Å². The predicted octanol–water partition coefficient (Wildman–Crippen LogP) is 4.48. The van der Waals surface area contributed by atoms with E-state index >= 15 is 0 Å². The smallest absolute Gasteiger partial charge is 0.0132 e. The first-order valence-electron chi connectivity index (χ1n) is 5.67. The maximum atomic E-state index is 2.38. The Labute approximate surface area is 82.7 Å². The Bertz CT molecular complexity index is 186. The lowest BCUT2D eigenvalue weighted by molar-refractivity contribution is 0.490. The van der Waals surface area contributed by atoms with Crippen molar-refractivity contribution in [3.05, 3.63) is 23.8 Å². The van der Waals surface area contributed by atoms with Gasteiger partial charge in [0.05, 0.1) is 0 Å². The van der Waals surface area contributed by atoms with Crippen molar-refractivity contribution in [1.29, 1.82) is 0 Å². The Morgan fingerprint density at radius 2 is 2.23 bits per heavy atom. The summed E-state index contributed by atoms with van der Waals surface area (Å²) in [6, 6.07) is 0. The highest BCUT2D eigenvalue weighted by Crippen LogP contribution is 2.22. The molecule has 0 aromatic carbocycles. The first-order valence-corrected chi connectivity index (χ1v) is 5.67. The number of rotatable bonds is 6. The summed E-state index contributed by atoms with van der Waals surface area (Å²) in [7, 11) is 0. The van der Waals surface area contributed by atoms with Crippen LogP contribution in [0.15, 0.2) is 23.8 Å². The fourth-order valence-electron chi connectivity index (χ4n) is 1.94. The van der Waals surface area contributed by atoms with Gasteiger partial charge in [-0.3, -0.25) is 0 Å². The molecule has 0 N–H and O–H groups in total. The molecule has 13 heavy (non-hydrogen) atoms. The fourth-order valence-corrected chi connectivity index (χ4v) is 1.94. The van der Waals surface area contributed by atoms with E-state index in [2.05, 4.69) is 32.1 Å². The van der Waals surface area contributed by atoms with Gasteiger partial charge in [0.1, 0.15) is 0 Å². The van der Waals surface area contributed by atoms with Crippen LogP contribution in [-0.4, -0.2) is 0 Å². The molecule has 0 aromatic heterocycles. The van der Waals surface area contributed by atoms with Gasteiger partial charge in [-0.15, -0.1) is 0 Å². The fraction of sp³-hybridized carbons (Fsp3) is 0.692. The van der Waals surface area contributed by atoms with Crippen LogP contribution < -0.4 is 0 Å². The van der Waals surface area contributed by atoms with E-state index in [1.54, 1.807) is 5.57 Å². The van der Waals surface area contributed by atoms with Crippen molar-refractivity contribution in [2.75, 3.05) is 0 Å². The summed E-state index contributed by atoms with van der Waals surface area (Å²) in [5.74, 6) is 0.887. The van der Waals surface area contributed by atoms with E-state index in [0.29, 0.717) is 0 Å². The molecule has 0 aromatic rings. The minimum Gasteiger partial charge on any atom is -0.0805 e. The number of hydrogen-bond acceptors (Lipinski definition) is 0. The van der Waals surface area contributed by atoms with Crippen LogP contribution in [0, 0.1) is 5.92 Å². The van der Waals surface area contributed by atoms with E-state index in [9.17, 15) is 0 Å². The van der Waals surface area contributed by atoms with E-state index in [1.165, 1.54) is 38.5 Å². The Kier molecular flexibility index (Phi) is 4.88. The molecule has 0 radical (unpaired) electrons. The van der Waals surface area contributed by atoms with Crippen LogP contribution in [-0.2, 0) is 0 Å². The molecule has 0 heteroatoms. The highest BCUT2D eigenvalue weighted by molar-refractivity contribution is 5.22. The Balaban J connectivity index is 2.07. The van der Waals surface area contributed by atoms with Gasteiger partial charge in [-0.25, -0.2) is 0 Å². The van der Waals surface area contributed by atoms with Gasteiger partial charge in [-0.05, 0) is 18.8 Å². The monoisotopic (exact) mass is 178 g/mol. The first-order chi connectivity index (χ1) is 6.33. The summed E-state index contributed by atoms with van der Waals surface area (Å²) in [6.45, 7) is 4.66. The standard InChI is InChI=1S/C13H22/c1-3-4-5-8-12(2)11-13-9-6-7-10-13/h6-7,9,12H,3-5,8,10-11H2,1-2H3. The molecule has 1 aliphatic carbocycles. The summed E-state index contributed by atoms with van der Waals surface area (Å²) in [5, 5.41) is 0. The third-order valence-corrected chi connectivity index (χ3v) is 2.76. The first kappa shape index (κ1) is 10.6. The van der Waals surface area contributed by atoms with Crippen molar-refractivity contribution >= 4 is 0 Å². The van der Waals surface area contributed by atoms with Crippen LogP contribution in [0.25, 0.3) is 0 Å². The van der Waals surface area contributed by atoms with Crippen LogP contribution in [0.2, 0.25) is 0 Å². The molecule has 0 saturated heterocycles. The van der Waals surface area contributed by atoms with E-state index in [4.69, 9.17) is 0 Å². The molecular formula is C13H22. The van der Waals surface area contributed by atoms with Gasteiger partial charge in [-0.1, -0.05) is 63.3 Å². The minimum atomic E-state index is 0.887. The average molecular weight is 178 g/mol. The lowest BCUT2D eigenvalue weighted by atomic mass is 9.95. The molecule has 0 amide bonds. The summed E-state index contributed by atoms with van der Waals surface area (Å²) >= 11 is 0. The SMILES string of the molecule is CCCCCC(C)CC1=CC=CC1. The third-order valence-electron chi connectivity index (χ3n) is 2.76. The lowest BCUT2D eigenvalue weighted by Gasteiger charge is -2.11. The van der Waals surface area contributed by atoms with Crippen molar-refractivity contribution in [2.24, 2.45) is 5.92 Å². The predicted molar refractivity (Wildman–Crippen MR) is 59.8 cm³/mol. The molecule has 0 aliphatic heterocycles. The Morgan fingerprint density at radius 3 is 2.85 bits per heavy atom. The molecule has 1 unspecified atom stereocenters. The second-order valence-electron chi connectivity index (χ2n) is 4.26. The van der Waals surface area contributed by atoms with Crippen LogP contribution in [0.3, 0.4) is 0 Å². The van der Waals surface area contributed by atoms with Crippen LogP contribution in [0.1, 0.15) is 52.4 Å². The van der Waals surface area contributed by atoms with Gasteiger partial charge in [0.25, 0.3) is 0 Å². The van der Waals surface area contributed by atoms with Crippen molar-refractivity contribution in [1.82, 2.24) is 0 Å². The molecule has 1 atom stereocenters. The van der Waals surface area contributed by atoms with E-state index in [1.807, 2.05) is 0 Å². The average Bonchev–Trinajstić information content (AvgIpc) is 2.57. The number of hydrogen-bond donors (Lipinski definition) is 0. The maximum absolute atomic E-state index is 2.38. The molecule has 0 fully saturated rings. The van der Waals surface area contributed by atoms with E-state index in [0.717, 1.165) is 5.92 Å². The minimum absolute atomic E-state index is 0.887. The number of unbranched alkanes of at least 4 members (excludes halogenated alkanes) is 2. The van der Waals surface area contributed by atoms with Crippen molar-refractivity contribution in [3.63, 3.8) is 0 Å². The zero-order valence-corrected chi connectivity index (χ0v) is 9.05. The van der Waals surface area contributed by atoms with Gasteiger partial charge in [-0.2, -0.15) is 0 Å². The zero-order chi connectivity index (χ0) is 9.52. The quantitative estimate of drug-likeness (QED) is 0.526. The molecule has 1 rings (SSSR count). The van der Waals surface area contributed by atoms with E-state index < -0.39 is 0 Å². The second kappa shape index (κ2) is 6.01. The van der Waals surface area contributed by atoms with Gasteiger partial charge in [0.2, 0.25) is 0 Å². The van der Waals surface area contributed by atoms with Crippen LogP contribution >= 0.6 is 0 Å². The zero-order valence-electron chi connectivity index (χ0n) is 9.05. The summed E-state index contributed by atoms with van der Waals surface area (Å²) in [5.41, 5.74) is 1.63. The van der Waals surface area contributed by atoms with Crippen LogP contribution in [0.5, 0.6) is 0 Å². The Hall–Kier alpha value is -0.520. The molecular weight excluding hydrogens is 156 g/mol. The second-order valence-corrected chi connectivity index (χ2v) is 4.26. The largest absolute Gasteiger partial charge is 0.0805 e.